The van der Waals surface area contributed by atoms with Gasteiger partial charge in [-0.15, -0.1) is 0 Å². The molecule has 1 saturated carbocycles. The van der Waals surface area contributed by atoms with Crippen LogP contribution in [0.3, 0.4) is 0 Å². The molecule has 2 N–H and O–H groups in total. The van der Waals surface area contributed by atoms with Crippen molar-refractivity contribution in [2.24, 2.45) is 5.92 Å². The number of aryl methyl sites for hydroxylation is 1. The zero-order chi connectivity index (χ0) is 24.7. The summed E-state index contributed by atoms with van der Waals surface area (Å²) in [6.45, 7) is 2.61. The van der Waals surface area contributed by atoms with E-state index in [-0.39, 0.29) is 18.3 Å². The lowest BCUT2D eigenvalue weighted by molar-refractivity contribution is 0.0952. The average Bonchev–Trinajstić information content (AvgIpc) is 3.68. The third-order valence-corrected chi connectivity index (χ3v) is 6.69. The number of amides is 3. The van der Waals surface area contributed by atoms with Gasteiger partial charge in [0.15, 0.2) is 11.0 Å². The van der Waals surface area contributed by atoms with Gasteiger partial charge in [-0.3, -0.25) is 4.79 Å². The lowest BCUT2D eigenvalue weighted by atomic mass is 9.97. The molecule has 1 fully saturated rings. The van der Waals surface area contributed by atoms with E-state index in [1.807, 2.05) is 13.0 Å². The molecule has 35 heavy (non-hydrogen) atoms. The van der Waals surface area contributed by atoms with Crippen LogP contribution in [0.15, 0.2) is 41.6 Å². The summed E-state index contributed by atoms with van der Waals surface area (Å²) in [6, 6.07) is 8.07. The van der Waals surface area contributed by atoms with E-state index in [1.165, 1.54) is 17.8 Å². The lowest BCUT2D eigenvalue weighted by Crippen LogP contribution is -2.43. The Morgan fingerprint density at radius 1 is 1.20 bits per heavy atom. The molecular formula is C25H23F2N5O2S. The van der Waals surface area contributed by atoms with Crippen LogP contribution in [0.5, 0.6) is 0 Å². The molecule has 0 unspecified atom stereocenters. The van der Waals surface area contributed by atoms with Gasteiger partial charge in [0.2, 0.25) is 0 Å². The van der Waals surface area contributed by atoms with Crippen molar-refractivity contribution in [2.45, 2.75) is 31.5 Å². The maximum absolute atomic E-state index is 14.7. The molecule has 1 aliphatic heterocycles. The number of nitrogens with zero attached hydrogens (tertiary/aromatic N) is 3. The molecule has 2 aliphatic rings. The Balaban J connectivity index is 1.64. The number of rotatable bonds is 6. The smallest absolute Gasteiger partial charge is 0.328 e. The first-order valence-corrected chi connectivity index (χ1v) is 12.5. The Labute approximate surface area is 205 Å². The third-order valence-electron chi connectivity index (χ3n) is 6.14. The summed E-state index contributed by atoms with van der Waals surface area (Å²) in [5, 5.41) is 5.97. The lowest BCUT2D eigenvalue weighted by Gasteiger charge is -2.30. The number of urea groups is 1. The largest absolute Gasteiger partial charge is 0.352 e. The number of hydrogen-bond acceptors (Lipinski definition) is 5. The summed E-state index contributed by atoms with van der Waals surface area (Å²) >= 11 is 1.24. The van der Waals surface area contributed by atoms with Crippen molar-refractivity contribution in [1.29, 1.82) is 0 Å². The minimum absolute atomic E-state index is 0.0717. The Kier molecular flexibility index (Phi) is 6.14. The van der Waals surface area contributed by atoms with Crippen LogP contribution in [0.2, 0.25) is 0 Å². The van der Waals surface area contributed by atoms with Gasteiger partial charge in [-0.25, -0.2) is 28.4 Å². The molecule has 0 saturated heterocycles. The van der Waals surface area contributed by atoms with Crippen LogP contribution >= 0.6 is 11.8 Å². The first-order valence-electron chi connectivity index (χ1n) is 11.2. The van der Waals surface area contributed by atoms with Gasteiger partial charge < -0.3 is 10.6 Å². The van der Waals surface area contributed by atoms with Crippen LogP contribution < -0.4 is 15.5 Å². The second-order valence-electron chi connectivity index (χ2n) is 8.61. The van der Waals surface area contributed by atoms with Gasteiger partial charge in [0.1, 0.15) is 17.3 Å². The number of anilines is 2. The molecule has 3 amide bonds. The van der Waals surface area contributed by atoms with E-state index in [1.54, 1.807) is 18.4 Å². The van der Waals surface area contributed by atoms with Crippen LogP contribution in [0.25, 0.3) is 11.3 Å². The Hall–Kier alpha value is -3.53. The minimum atomic E-state index is -0.885. The van der Waals surface area contributed by atoms with Crippen molar-refractivity contribution in [3.05, 3.63) is 64.7 Å². The first-order chi connectivity index (χ1) is 16.9. The Morgan fingerprint density at radius 2 is 1.94 bits per heavy atom. The molecule has 180 valence electrons. The molecule has 2 heterocycles. The van der Waals surface area contributed by atoms with Gasteiger partial charge >= 0.3 is 6.03 Å². The zero-order valence-corrected chi connectivity index (χ0v) is 20.0. The van der Waals surface area contributed by atoms with Crippen molar-refractivity contribution in [3.8, 4) is 11.3 Å². The monoisotopic (exact) mass is 495 g/mol. The van der Waals surface area contributed by atoms with Crippen molar-refractivity contribution >= 4 is 35.2 Å². The molecule has 3 aromatic rings. The highest BCUT2D eigenvalue weighted by Gasteiger charge is 2.34. The van der Waals surface area contributed by atoms with Gasteiger partial charge in [-0.2, -0.15) is 0 Å². The van der Waals surface area contributed by atoms with Crippen molar-refractivity contribution in [1.82, 2.24) is 20.6 Å². The summed E-state index contributed by atoms with van der Waals surface area (Å²) in [4.78, 5) is 35.6. The number of fused-ring (bicyclic) bond motifs is 1. The summed E-state index contributed by atoms with van der Waals surface area (Å²) in [7, 11) is 0. The fourth-order valence-corrected chi connectivity index (χ4v) is 4.40. The highest BCUT2D eigenvalue weighted by molar-refractivity contribution is 7.98. The normalized spacial score (nSPS) is 15.0. The third kappa shape index (κ3) is 4.45. The molecule has 0 spiro atoms. The standard InChI is InChI=1S/C25H23F2N5O2S/c1-13-6-9-15(23(33)28-11-14-7-8-14)10-16(13)20-17-12-29-25(34)32(22(17)31-24(30-20)35-2)21-18(26)4-3-5-19(21)27/h3-6,9-10,14H,7-8,11-12H2,1-2H3,(H,28,33)(H,29,34). The maximum Gasteiger partial charge on any atom is 0.328 e. The molecule has 0 bridgehead atoms. The summed E-state index contributed by atoms with van der Waals surface area (Å²) < 4.78 is 29.4. The van der Waals surface area contributed by atoms with E-state index >= 15 is 0 Å². The van der Waals surface area contributed by atoms with Gasteiger partial charge in [0, 0.05) is 23.2 Å². The van der Waals surface area contributed by atoms with Gasteiger partial charge in [-0.05, 0) is 61.8 Å². The van der Waals surface area contributed by atoms with Crippen LogP contribution in [-0.2, 0) is 6.54 Å². The van der Waals surface area contributed by atoms with E-state index in [0.29, 0.717) is 40.0 Å². The summed E-state index contributed by atoms with van der Waals surface area (Å²) in [5.41, 5.74) is 2.52. The summed E-state index contributed by atoms with van der Waals surface area (Å²) in [5.74, 6) is -1.28. The van der Waals surface area contributed by atoms with Crippen molar-refractivity contribution < 1.29 is 18.4 Å². The molecule has 7 nitrogen and oxygen atoms in total. The molecular weight excluding hydrogens is 472 g/mol. The fourth-order valence-electron chi connectivity index (χ4n) is 4.04. The van der Waals surface area contributed by atoms with Crippen molar-refractivity contribution in [2.75, 3.05) is 17.7 Å². The number of aromatic nitrogens is 2. The quantitative estimate of drug-likeness (QED) is 0.373. The first kappa shape index (κ1) is 23.2. The Bertz CT molecular complexity index is 1330. The van der Waals surface area contributed by atoms with Gasteiger partial charge in [-0.1, -0.05) is 23.9 Å². The molecule has 1 aromatic heterocycles. The van der Waals surface area contributed by atoms with Gasteiger partial charge in [0.25, 0.3) is 5.91 Å². The second-order valence-corrected chi connectivity index (χ2v) is 9.38. The summed E-state index contributed by atoms with van der Waals surface area (Å²) in [6.07, 6.45) is 4.04. The predicted molar refractivity (Wildman–Crippen MR) is 130 cm³/mol. The second kappa shape index (κ2) is 9.26. The van der Waals surface area contributed by atoms with Crippen molar-refractivity contribution in [3.63, 3.8) is 0 Å². The molecule has 2 aromatic carbocycles. The number of carbonyl (C=O) groups is 2. The highest BCUT2D eigenvalue weighted by Crippen LogP contribution is 2.39. The SMILES string of the molecule is CSc1nc(-c2cc(C(=O)NCC3CC3)ccc2C)c2c(n1)N(c1c(F)cccc1F)C(=O)NC2. The van der Waals surface area contributed by atoms with Crippen LogP contribution in [0.4, 0.5) is 25.1 Å². The van der Waals surface area contributed by atoms with Crippen LogP contribution in [-0.4, -0.2) is 34.7 Å². The number of para-hydroxylation sites is 1. The Morgan fingerprint density at radius 3 is 2.63 bits per heavy atom. The van der Waals surface area contributed by atoms with E-state index in [2.05, 4.69) is 20.6 Å². The molecule has 0 radical (unpaired) electrons. The van der Waals surface area contributed by atoms with Crippen LogP contribution in [0, 0.1) is 24.5 Å². The number of carbonyl (C=O) groups excluding carboxylic acids is 2. The van der Waals surface area contributed by atoms with E-state index < -0.39 is 23.4 Å². The van der Waals surface area contributed by atoms with Gasteiger partial charge in [0.05, 0.1) is 12.2 Å². The molecule has 1 aliphatic carbocycles. The highest BCUT2D eigenvalue weighted by atomic mass is 32.2. The maximum atomic E-state index is 14.7. The van der Waals surface area contributed by atoms with Crippen LogP contribution in [0.1, 0.15) is 34.3 Å². The van der Waals surface area contributed by atoms with E-state index in [9.17, 15) is 18.4 Å². The number of halogens is 2. The average molecular weight is 496 g/mol. The zero-order valence-electron chi connectivity index (χ0n) is 19.2. The number of thioether (sulfide) groups is 1. The number of benzene rings is 2. The predicted octanol–water partition coefficient (Wildman–Crippen LogP) is 4.95. The molecule has 5 rings (SSSR count). The van der Waals surface area contributed by atoms with E-state index in [0.717, 1.165) is 35.4 Å². The molecule has 10 heteroatoms. The number of hydrogen-bond donors (Lipinski definition) is 2. The van der Waals surface area contributed by atoms with E-state index in [4.69, 9.17) is 0 Å². The fraction of sp³-hybridized carbons (Fsp3) is 0.280. The minimum Gasteiger partial charge on any atom is -0.352 e. The number of nitrogens with one attached hydrogen (secondary N) is 2. The molecule has 0 atom stereocenters. The topological polar surface area (TPSA) is 87.2 Å².